The highest BCUT2D eigenvalue weighted by Crippen LogP contribution is 2.34. The number of carbonyl (C=O) groups is 1. The fourth-order valence-electron chi connectivity index (χ4n) is 2.38. The van der Waals surface area contributed by atoms with Gasteiger partial charge in [-0.3, -0.25) is 0 Å². The maximum atomic E-state index is 13.6. The van der Waals surface area contributed by atoms with Crippen LogP contribution in [0.15, 0.2) is 41.0 Å². The molecule has 3 rings (SSSR count). The fourth-order valence-corrected chi connectivity index (χ4v) is 2.38. The molecule has 24 heavy (non-hydrogen) atoms. The van der Waals surface area contributed by atoms with E-state index in [-0.39, 0.29) is 17.3 Å². The molecule has 0 bridgehead atoms. The van der Waals surface area contributed by atoms with Crippen LogP contribution in [0.4, 0.5) is 4.39 Å². The number of benzene rings is 1. The first-order valence-corrected chi connectivity index (χ1v) is 7.19. The molecular formula is C17H16FN3O3. The topological polar surface area (TPSA) is 94.1 Å². The first-order chi connectivity index (χ1) is 11.4. The molecule has 7 heteroatoms. The van der Waals surface area contributed by atoms with E-state index < -0.39 is 17.8 Å². The molecule has 0 aliphatic carbocycles. The molecule has 0 unspecified atom stereocenters. The number of esters is 1. The average Bonchev–Trinajstić information content (AvgIpc) is 3.16. The van der Waals surface area contributed by atoms with Crippen LogP contribution in [0.5, 0.6) is 0 Å². The van der Waals surface area contributed by atoms with Crippen molar-refractivity contribution in [2.75, 3.05) is 7.11 Å². The van der Waals surface area contributed by atoms with Crippen molar-refractivity contribution in [2.45, 2.75) is 13.0 Å². The summed E-state index contributed by atoms with van der Waals surface area (Å²) in [5, 5.41) is 0.562. The number of hydrogen-bond acceptors (Lipinski definition) is 5. The van der Waals surface area contributed by atoms with E-state index in [1.165, 1.54) is 19.2 Å². The predicted octanol–water partition coefficient (Wildman–Crippen LogP) is 3.32. The fraction of sp³-hybridized carbons (Fsp3) is 0.176. The van der Waals surface area contributed by atoms with Crippen molar-refractivity contribution in [2.24, 2.45) is 5.73 Å². The molecular weight excluding hydrogens is 313 g/mol. The van der Waals surface area contributed by atoms with E-state index in [9.17, 15) is 9.18 Å². The molecule has 0 fully saturated rings. The summed E-state index contributed by atoms with van der Waals surface area (Å²) >= 11 is 0. The van der Waals surface area contributed by atoms with E-state index in [1.807, 2.05) is 0 Å². The molecule has 0 saturated heterocycles. The number of H-pyrrole nitrogens is 1. The van der Waals surface area contributed by atoms with E-state index in [0.29, 0.717) is 22.0 Å². The number of halogens is 1. The Morgan fingerprint density at radius 1 is 1.50 bits per heavy atom. The number of nitrogens with two attached hydrogens (primary N) is 1. The molecule has 0 spiro atoms. The zero-order valence-electron chi connectivity index (χ0n) is 13.2. The van der Waals surface area contributed by atoms with Gasteiger partial charge in [0, 0.05) is 22.7 Å². The number of rotatable bonds is 4. The van der Waals surface area contributed by atoms with Gasteiger partial charge in [-0.2, -0.15) is 0 Å². The minimum absolute atomic E-state index is 0.0191. The molecule has 3 aromatic rings. The first-order valence-electron chi connectivity index (χ1n) is 7.19. The molecule has 0 saturated carbocycles. The summed E-state index contributed by atoms with van der Waals surface area (Å²) in [5.74, 6) is -0.755. The van der Waals surface area contributed by atoms with Crippen LogP contribution >= 0.6 is 0 Å². The summed E-state index contributed by atoms with van der Waals surface area (Å²) in [6.07, 6.45) is 1.62. The number of methoxy groups -OCH3 is 1. The Morgan fingerprint density at radius 3 is 2.92 bits per heavy atom. The maximum absolute atomic E-state index is 13.6. The molecule has 0 amide bonds. The second kappa shape index (κ2) is 5.93. The van der Waals surface area contributed by atoms with E-state index in [0.717, 1.165) is 0 Å². The molecule has 2 aromatic heterocycles. The van der Waals surface area contributed by atoms with E-state index in [2.05, 4.69) is 16.5 Å². The lowest BCUT2D eigenvalue weighted by Crippen LogP contribution is -2.12. The van der Waals surface area contributed by atoms with Gasteiger partial charge in [-0.15, -0.1) is 0 Å². The van der Waals surface area contributed by atoms with Gasteiger partial charge in [-0.05, 0) is 25.1 Å². The maximum Gasteiger partial charge on any atom is 0.360 e. The number of nitrogens with one attached hydrogen (secondary N) is 1. The summed E-state index contributed by atoms with van der Waals surface area (Å²) in [5.41, 5.74) is 7.78. The van der Waals surface area contributed by atoms with Gasteiger partial charge in [0.15, 0.2) is 11.5 Å². The lowest BCUT2D eigenvalue weighted by atomic mass is 10.1. The molecule has 0 radical (unpaired) electrons. The Bertz CT molecular complexity index is 942. The molecule has 6 nitrogen and oxygen atoms in total. The van der Waals surface area contributed by atoms with Crippen LogP contribution in [-0.4, -0.2) is 23.0 Å². The van der Waals surface area contributed by atoms with Crippen molar-refractivity contribution >= 4 is 16.9 Å². The summed E-state index contributed by atoms with van der Waals surface area (Å²) in [6, 6.07) is 3.63. The van der Waals surface area contributed by atoms with Crippen molar-refractivity contribution in [1.82, 2.24) is 9.97 Å². The largest absolute Gasteiger partial charge is 0.464 e. The van der Waals surface area contributed by atoms with Gasteiger partial charge in [0.05, 0.1) is 7.11 Å². The Morgan fingerprint density at radius 2 is 2.25 bits per heavy atom. The molecule has 1 aromatic carbocycles. The molecule has 1 atom stereocenters. The smallest absolute Gasteiger partial charge is 0.360 e. The van der Waals surface area contributed by atoms with Gasteiger partial charge in [0.25, 0.3) is 0 Å². The molecule has 3 N–H and O–H groups in total. The highest BCUT2D eigenvalue weighted by Gasteiger charge is 2.26. The van der Waals surface area contributed by atoms with E-state index >= 15 is 0 Å². The summed E-state index contributed by atoms with van der Waals surface area (Å²) in [6.45, 7) is 5.49. The second-order valence-electron chi connectivity index (χ2n) is 5.44. The number of carbonyl (C=O) groups excluding carboxylic acids is 1. The predicted molar refractivity (Wildman–Crippen MR) is 86.8 cm³/mol. The number of fused-ring (bicyclic) bond motifs is 1. The molecule has 0 aliphatic heterocycles. The van der Waals surface area contributed by atoms with Crippen LogP contribution in [-0.2, 0) is 4.74 Å². The van der Waals surface area contributed by atoms with E-state index in [1.54, 1.807) is 19.2 Å². The van der Waals surface area contributed by atoms with Crippen LogP contribution in [0.25, 0.3) is 22.2 Å². The molecule has 0 aliphatic rings. The normalized spacial score (nSPS) is 12.3. The third-order valence-corrected chi connectivity index (χ3v) is 3.71. The Labute approximate surface area is 137 Å². The Kier molecular flexibility index (Phi) is 3.94. The van der Waals surface area contributed by atoms with Gasteiger partial charge in [-0.1, -0.05) is 12.2 Å². The Hall–Kier alpha value is -2.93. The first kappa shape index (κ1) is 15.9. The van der Waals surface area contributed by atoms with Crippen molar-refractivity contribution in [3.8, 4) is 11.3 Å². The number of aromatic amines is 1. The number of oxazole rings is 1. The minimum atomic E-state index is -0.667. The quantitative estimate of drug-likeness (QED) is 0.565. The van der Waals surface area contributed by atoms with E-state index in [4.69, 9.17) is 14.9 Å². The van der Waals surface area contributed by atoms with Gasteiger partial charge in [-0.25, -0.2) is 14.2 Å². The van der Waals surface area contributed by atoms with Crippen molar-refractivity contribution < 1.29 is 18.3 Å². The number of ether oxygens (including phenoxy) is 1. The number of aromatic nitrogens is 2. The summed E-state index contributed by atoms with van der Waals surface area (Å²) < 4.78 is 24.1. The van der Waals surface area contributed by atoms with Gasteiger partial charge >= 0.3 is 5.97 Å². The van der Waals surface area contributed by atoms with Crippen molar-refractivity contribution in [3.05, 3.63) is 53.9 Å². The van der Waals surface area contributed by atoms with Gasteiger partial charge < -0.3 is 19.9 Å². The highest BCUT2D eigenvalue weighted by molar-refractivity contribution is 6.01. The standard InChI is InChI=1S/C17H16FN3O3/c1-8(2)13(19)16-21-14(17(22)23-3)15(24-16)11-7-20-12-5-4-9(18)6-10(11)12/h4-7,13,20H,1,19H2,2-3H3/t13-/m0/s1. The number of nitrogens with zero attached hydrogens (tertiary/aromatic N) is 1. The summed E-state index contributed by atoms with van der Waals surface area (Å²) in [4.78, 5) is 19.2. The van der Waals surface area contributed by atoms with Crippen molar-refractivity contribution in [3.63, 3.8) is 0 Å². The zero-order chi connectivity index (χ0) is 17.4. The highest BCUT2D eigenvalue weighted by atomic mass is 19.1. The molecule has 124 valence electrons. The van der Waals surface area contributed by atoms with Crippen molar-refractivity contribution in [1.29, 1.82) is 0 Å². The van der Waals surface area contributed by atoms with Crippen LogP contribution in [0.3, 0.4) is 0 Å². The Balaban J connectivity index is 2.23. The second-order valence-corrected chi connectivity index (χ2v) is 5.44. The number of hydrogen-bond donors (Lipinski definition) is 2. The van der Waals surface area contributed by atoms with Gasteiger partial charge in [0.1, 0.15) is 11.9 Å². The third kappa shape index (κ3) is 2.59. The molecule has 2 heterocycles. The van der Waals surface area contributed by atoms with Crippen LogP contribution in [0.1, 0.15) is 29.3 Å². The van der Waals surface area contributed by atoms with Crippen LogP contribution in [0, 0.1) is 5.82 Å². The van der Waals surface area contributed by atoms with Crippen LogP contribution in [0.2, 0.25) is 0 Å². The summed E-state index contributed by atoms with van der Waals surface area (Å²) in [7, 11) is 1.24. The lowest BCUT2D eigenvalue weighted by molar-refractivity contribution is 0.0595. The third-order valence-electron chi connectivity index (χ3n) is 3.71. The average molecular weight is 329 g/mol. The monoisotopic (exact) mass is 329 g/mol. The SMILES string of the molecule is C=C(C)[C@H](N)c1nc(C(=O)OC)c(-c2c[nH]c3ccc(F)cc23)o1. The zero-order valence-corrected chi connectivity index (χ0v) is 13.2. The lowest BCUT2D eigenvalue weighted by Gasteiger charge is -2.05. The van der Waals surface area contributed by atoms with Crippen LogP contribution < -0.4 is 5.73 Å². The van der Waals surface area contributed by atoms with Gasteiger partial charge in [0.2, 0.25) is 5.89 Å². The minimum Gasteiger partial charge on any atom is -0.464 e.